The number of hydrogen-bond acceptors (Lipinski definition) is 4. The number of nitrogens with zero attached hydrogens (tertiary/aromatic N) is 1. The summed E-state index contributed by atoms with van der Waals surface area (Å²) >= 11 is 0. The monoisotopic (exact) mass is 388 g/mol. The van der Waals surface area contributed by atoms with E-state index < -0.39 is 16.1 Å². The van der Waals surface area contributed by atoms with Gasteiger partial charge in [-0.3, -0.25) is 9.10 Å². The fourth-order valence-corrected chi connectivity index (χ4v) is 4.15. The molecule has 0 unspecified atom stereocenters. The second kappa shape index (κ2) is 8.43. The van der Waals surface area contributed by atoms with Crippen LogP contribution in [0, 0.1) is 0 Å². The lowest BCUT2D eigenvalue weighted by Gasteiger charge is -2.34. The second-order valence-electron chi connectivity index (χ2n) is 6.39. The topological polar surface area (TPSA) is 75.7 Å². The SMILES string of the molecule is CCS(=O)(=O)N1C[C@H](C(=O)NCCCc2ccccc2)Oc2ccccc21. The molecule has 144 valence electrons. The maximum atomic E-state index is 12.5. The van der Waals surface area contributed by atoms with Crippen molar-refractivity contribution in [3.63, 3.8) is 0 Å². The molecule has 0 fully saturated rings. The standard InChI is InChI=1S/C20H24N2O4S/c1-2-27(24,25)22-15-19(26-18-13-7-6-12-17(18)22)20(23)21-14-8-11-16-9-4-3-5-10-16/h3-7,9-10,12-13,19H,2,8,11,14-15H2,1H3,(H,21,23)/t19-/m1/s1. The normalized spacial score (nSPS) is 16.3. The maximum absolute atomic E-state index is 12.5. The van der Waals surface area contributed by atoms with Crippen molar-refractivity contribution >= 4 is 21.6 Å². The van der Waals surface area contributed by atoms with E-state index in [9.17, 15) is 13.2 Å². The zero-order chi connectivity index (χ0) is 19.3. The summed E-state index contributed by atoms with van der Waals surface area (Å²) in [6.07, 6.45) is 0.805. The van der Waals surface area contributed by atoms with Crippen molar-refractivity contribution in [1.82, 2.24) is 5.32 Å². The van der Waals surface area contributed by atoms with Gasteiger partial charge in [-0.05, 0) is 37.5 Å². The molecule has 27 heavy (non-hydrogen) atoms. The van der Waals surface area contributed by atoms with E-state index in [1.807, 2.05) is 18.2 Å². The summed E-state index contributed by atoms with van der Waals surface area (Å²) in [7, 11) is -3.49. The minimum Gasteiger partial charge on any atom is -0.476 e. The first-order valence-electron chi connectivity index (χ1n) is 9.09. The average molecular weight is 388 g/mol. The van der Waals surface area contributed by atoms with Crippen LogP contribution in [0.15, 0.2) is 54.6 Å². The molecular weight excluding hydrogens is 364 g/mol. The Kier molecular flexibility index (Phi) is 6.01. The second-order valence-corrected chi connectivity index (χ2v) is 8.57. The predicted molar refractivity (Wildman–Crippen MR) is 105 cm³/mol. The Morgan fingerprint density at radius 3 is 2.59 bits per heavy atom. The lowest BCUT2D eigenvalue weighted by molar-refractivity contribution is -0.127. The Morgan fingerprint density at radius 1 is 1.15 bits per heavy atom. The molecule has 0 spiro atoms. The summed E-state index contributed by atoms with van der Waals surface area (Å²) in [5.41, 5.74) is 1.70. The van der Waals surface area contributed by atoms with Crippen LogP contribution in [0.25, 0.3) is 0 Å². The number of sulfonamides is 1. The number of ether oxygens (including phenoxy) is 1. The van der Waals surface area contributed by atoms with Gasteiger partial charge in [-0.2, -0.15) is 0 Å². The minimum atomic E-state index is -3.49. The molecule has 1 atom stereocenters. The van der Waals surface area contributed by atoms with Crippen LogP contribution in [0.3, 0.4) is 0 Å². The van der Waals surface area contributed by atoms with E-state index in [2.05, 4.69) is 17.4 Å². The van der Waals surface area contributed by atoms with Crippen LogP contribution in [0.4, 0.5) is 5.69 Å². The highest BCUT2D eigenvalue weighted by Gasteiger charge is 2.35. The third-order valence-electron chi connectivity index (χ3n) is 4.51. The number of aryl methyl sites for hydroxylation is 1. The van der Waals surface area contributed by atoms with Gasteiger partial charge in [-0.25, -0.2) is 8.42 Å². The van der Waals surface area contributed by atoms with Gasteiger partial charge in [-0.15, -0.1) is 0 Å². The summed E-state index contributed by atoms with van der Waals surface area (Å²) in [5.74, 6) is 0.0753. The molecule has 1 amide bonds. The first-order valence-corrected chi connectivity index (χ1v) is 10.7. The van der Waals surface area contributed by atoms with Gasteiger partial charge >= 0.3 is 0 Å². The number of anilines is 1. The van der Waals surface area contributed by atoms with Crippen molar-refractivity contribution in [3.05, 3.63) is 60.2 Å². The highest BCUT2D eigenvalue weighted by atomic mass is 32.2. The van der Waals surface area contributed by atoms with Crippen LogP contribution in [0.5, 0.6) is 5.75 Å². The number of benzene rings is 2. The molecule has 3 rings (SSSR count). The number of rotatable bonds is 7. The molecule has 0 saturated carbocycles. The Hall–Kier alpha value is -2.54. The van der Waals surface area contributed by atoms with Crippen molar-refractivity contribution in [2.24, 2.45) is 0 Å². The van der Waals surface area contributed by atoms with Crippen LogP contribution in [0.1, 0.15) is 18.9 Å². The van der Waals surface area contributed by atoms with Crippen molar-refractivity contribution in [2.45, 2.75) is 25.9 Å². The quantitative estimate of drug-likeness (QED) is 0.739. The number of nitrogens with one attached hydrogen (secondary N) is 1. The zero-order valence-electron chi connectivity index (χ0n) is 15.3. The number of amides is 1. The largest absolute Gasteiger partial charge is 0.476 e. The van der Waals surface area contributed by atoms with E-state index in [-0.39, 0.29) is 18.2 Å². The van der Waals surface area contributed by atoms with Crippen LogP contribution in [0.2, 0.25) is 0 Å². The van der Waals surface area contributed by atoms with Gasteiger partial charge in [-0.1, -0.05) is 42.5 Å². The first-order chi connectivity index (χ1) is 13.0. The van der Waals surface area contributed by atoms with Gasteiger partial charge in [0.1, 0.15) is 5.75 Å². The molecular formula is C20H24N2O4S. The van der Waals surface area contributed by atoms with Gasteiger partial charge in [0.2, 0.25) is 10.0 Å². The van der Waals surface area contributed by atoms with E-state index in [4.69, 9.17) is 4.74 Å². The fraction of sp³-hybridized carbons (Fsp3) is 0.350. The molecule has 1 N–H and O–H groups in total. The van der Waals surface area contributed by atoms with Crippen LogP contribution in [-0.4, -0.2) is 39.3 Å². The zero-order valence-corrected chi connectivity index (χ0v) is 16.1. The molecule has 1 heterocycles. The van der Waals surface area contributed by atoms with Crippen LogP contribution < -0.4 is 14.4 Å². The molecule has 0 bridgehead atoms. The molecule has 0 saturated heterocycles. The molecule has 2 aromatic rings. The van der Waals surface area contributed by atoms with Gasteiger partial charge in [0.05, 0.1) is 18.0 Å². The van der Waals surface area contributed by atoms with Crippen LogP contribution in [-0.2, 0) is 21.2 Å². The fourth-order valence-electron chi connectivity index (χ4n) is 3.02. The molecule has 0 radical (unpaired) electrons. The Morgan fingerprint density at radius 2 is 1.85 bits per heavy atom. The Bertz CT molecular complexity index is 884. The van der Waals surface area contributed by atoms with E-state index in [1.54, 1.807) is 31.2 Å². The Balaban J connectivity index is 1.62. The lowest BCUT2D eigenvalue weighted by atomic mass is 10.1. The van der Waals surface area contributed by atoms with Gasteiger partial charge in [0, 0.05) is 6.54 Å². The highest BCUT2D eigenvalue weighted by Crippen LogP contribution is 2.34. The molecule has 0 aromatic heterocycles. The number of hydrogen-bond donors (Lipinski definition) is 1. The van der Waals surface area contributed by atoms with Gasteiger partial charge in [0.15, 0.2) is 6.10 Å². The van der Waals surface area contributed by atoms with E-state index >= 15 is 0 Å². The number of fused-ring (bicyclic) bond motifs is 1. The molecule has 1 aliphatic rings. The molecule has 0 aliphatic carbocycles. The van der Waals surface area contributed by atoms with Gasteiger partial charge in [0.25, 0.3) is 5.91 Å². The smallest absolute Gasteiger partial charge is 0.263 e. The van der Waals surface area contributed by atoms with Crippen LogP contribution >= 0.6 is 0 Å². The third-order valence-corrected chi connectivity index (χ3v) is 6.26. The highest BCUT2D eigenvalue weighted by molar-refractivity contribution is 7.92. The molecule has 7 heteroatoms. The van der Waals surface area contributed by atoms with Crippen molar-refractivity contribution in [3.8, 4) is 5.75 Å². The Labute approximate surface area is 160 Å². The van der Waals surface area contributed by atoms with Gasteiger partial charge < -0.3 is 10.1 Å². The summed E-state index contributed by atoms with van der Waals surface area (Å²) in [5, 5.41) is 2.86. The van der Waals surface area contributed by atoms with E-state index in [1.165, 1.54) is 9.87 Å². The lowest BCUT2D eigenvalue weighted by Crippen LogP contribution is -2.51. The summed E-state index contributed by atoms with van der Waals surface area (Å²) in [6, 6.07) is 16.9. The number of para-hydroxylation sites is 2. The molecule has 2 aromatic carbocycles. The van der Waals surface area contributed by atoms with Crippen molar-refractivity contribution in [2.75, 3.05) is 23.1 Å². The minimum absolute atomic E-state index is 0.0162. The van der Waals surface area contributed by atoms with Crippen molar-refractivity contribution < 1.29 is 17.9 Å². The average Bonchev–Trinajstić information content (AvgIpc) is 2.71. The first kappa shape index (κ1) is 19.2. The number of carbonyl (C=O) groups excluding carboxylic acids is 1. The molecule has 6 nitrogen and oxygen atoms in total. The van der Waals surface area contributed by atoms with E-state index in [0.717, 1.165) is 12.8 Å². The summed E-state index contributed by atoms with van der Waals surface area (Å²) in [4.78, 5) is 12.5. The van der Waals surface area contributed by atoms with Crippen molar-refractivity contribution in [1.29, 1.82) is 0 Å². The third kappa shape index (κ3) is 4.60. The number of carbonyl (C=O) groups is 1. The maximum Gasteiger partial charge on any atom is 0.263 e. The van der Waals surface area contributed by atoms with E-state index in [0.29, 0.717) is 18.0 Å². The molecule has 1 aliphatic heterocycles. The summed E-state index contributed by atoms with van der Waals surface area (Å²) in [6.45, 7) is 2.08. The summed E-state index contributed by atoms with van der Waals surface area (Å²) < 4.78 is 31.9. The predicted octanol–water partition coefficient (Wildman–Crippen LogP) is 2.35.